The number of fused-ring (bicyclic) bond motifs is 1. The Hall–Kier alpha value is -2.08. The molecule has 0 unspecified atom stereocenters. The fourth-order valence-corrected chi connectivity index (χ4v) is 2.51. The minimum atomic E-state index is -3.48. The van der Waals surface area contributed by atoms with Crippen molar-refractivity contribution in [1.29, 1.82) is 0 Å². The first-order valence-electron chi connectivity index (χ1n) is 6.57. The summed E-state index contributed by atoms with van der Waals surface area (Å²) < 4.78 is 29.4. The van der Waals surface area contributed by atoms with Gasteiger partial charge in [-0.05, 0) is 17.9 Å². The number of rotatable bonds is 6. The summed E-state index contributed by atoms with van der Waals surface area (Å²) in [5.74, 6) is 0.246. The highest BCUT2D eigenvalue weighted by Crippen LogP contribution is 2.25. The summed E-state index contributed by atoms with van der Waals surface area (Å²) in [6.07, 6.45) is 1.51. The van der Waals surface area contributed by atoms with Gasteiger partial charge in [-0.3, -0.25) is 9.52 Å². The van der Waals surface area contributed by atoms with Gasteiger partial charge in [-0.15, -0.1) is 0 Å². The summed E-state index contributed by atoms with van der Waals surface area (Å²) in [5, 5.41) is 2.10. The van der Waals surface area contributed by atoms with Crippen molar-refractivity contribution in [3.05, 3.63) is 42.5 Å². The lowest BCUT2D eigenvalue weighted by atomic mass is 10.1. The molecule has 0 aliphatic carbocycles. The highest BCUT2D eigenvalue weighted by molar-refractivity contribution is 7.89. The van der Waals surface area contributed by atoms with Crippen LogP contribution < -0.4 is 9.46 Å². The number of carbonyl (C=O) groups excluding carboxylic acids is 1. The number of benzene rings is 2. The predicted octanol–water partition coefficient (Wildman–Crippen LogP) is 2.07. The van der Waals surface area contributed by atoms with Gasteiger partial charge in [0, 0.05) is 11.8 Å². The minimum absolute atomic E-state index is 0.109. The first-order valence-corrected chi connectivity index (χ1v) is 8.46. The van der Waals surface area contributed by atoms with Crippen LogP contribution in [0.15, 0.2) is 42.5 Å². The molecule has 0 saturated carbocycles. The fourth-order valence-electron chi connectivity index (χ4n) is 1.99. The molecule has 2 rings (SSSR count). The third kappa shape index (κ3) is 4.75. The summed E-state index contributed by atoms with van der Waals surface area (Å²) >= 11 is 0. The number of amides is 1. The van der Waals surface area contributed by atoms with Gasteiger partial charge in [0.2, 0.25) is 15.9 Å². The molecule has 2 aromatic carbocycles. The second kappa shape index (κ2) is 6.58. The lowest BCUT2D eigenvalue weighted by molar-refractivity contribution is -0.119. The van der Waals surface area contributed by atoms with Gasteiger partial charge in [-0.1, -0.05) is 36.4 Å². The van der Waals surface area contributed by atoms with Crippen LogP contribution in [-0.4, -0.2) is 27.2 Å². The van der Waals surface area contributed by atoms with Gasteiger partial charge >= 0.3 is 0 Å². The molecule has 0 fully saturated rings. The molecule has 0 heterocycles. The Kier molecular flexibility index (Phi) is 4.80. The van der Waals surface area contributed by atoms with E-state index in [0.29, 0.717) is 13.0 Å². The second-order valence-electron chi connectivity index (χ2n) is 4.73. The Morgan fingerprint density at radius 1 is 1.14 bits per heavy atom. The molecule has 0 spiro atoms. The smallest absolute Gasteiger partial charge is 0.233 e. The van der Waals surface area contributed by atoms with E-state index in [-0.39, 0.29) is 6.42 Å². The van der Waals surface area contributed by atoms with E-state index in [1.54, 1.807) is 0 Å². The highest BCUT2D eigenvalue weighted by Gasteiger charge is 2.08. The van der Waals surface area contributed by atoms with Crippen LogP contribution in [-0.2, 0) is 14.8 Å². The van der Waals surface area contributed by atoms with Gasteiger partial charge in [0.1, 0.15) is 5.75 Å². The van der Waals surface area contributed by atoms with Crippen molar-refractivity contribution >= 4 is 26.7 Å². The third-order valence-corrected chi connectivity index (χ3v) is 3.45. The Balaban J connectivity index is 1.87. The van der Waals surface area contributed by atoms with E-state index >= 15 is 0 Å². The molecule has 0 radical (unpaired) electrons. The average Bonchev–Trinajstić information content (AvgIpc) is 2.42. The van der Waals surface area contributed by atoms with Crippen molar-refractivity contribution in [2.24, 2.45) is 0 Å². The third-order valence-electron chi connectivity index (χ3n) is 2.85. The Labute approximate surface area is 124 Å². The van der Waals surface area contributed by atoms with Crippen LogP contribution in [0.2, 0.25) is 0 Å². The number of sulfonamides is 1. The van der Waals surface area contributed by atoms with Crippen molar-refractivity contribution in [1.82, 2.24) is 4.72 Å². The Morgan fingerprint density at radius 2 is 1.86 bits per heavy atom. The topological polar surface area (TPSA) is 72.5 Å². The molecule has 1 amide bonds. The molecule has 0 aliphatic heterocycles. The van der Waals surface area contributed by atoms with Crippen LogP contribution in [0, 0.1) is 0 Å². The van der Waals surface area contributed by atoms with E-state index in [1.807, 2.05) is 47.2 Å². The van der Waals surface area contributed by atoms with Crippen molar-refractivity contribution in [3.63, 3.8) is 0 Å². The largest absolute Gasteiger partial charge is 0.493 e. The average molecular weight is 307 g/mol. The first kappa shape index (κ1) is 15.3. The van der Waals surface area contributed by atoms with E-state index in [1.165, 1.54) is 0 Å². The molecule has 0 aliphatic rings. The van der Waals surface area contributed by atoms with Crippen LogP contribution in [0.4, 0.5) is 0 Å². The van der Waals surface area contributed by atoms with Crippen molar-refractivity contribution in [2.75, 3.05) is 12.9 Å². The standard InChI is InChI=1S/C15H17NO4S/c1-21(18,19)16-15(17)10-5-11-20-14-9-4-7-12-6-2-3-8-13(12)14/h2-4,6-9H,5,10-11H2,1H3,(H,16,17). The van der Waals surface area contributed by atoms with Gasteiger partial charge in [0.05, 0.1) is 12.9 Å². The van der Waals surface area contributed by atoms with Gasteiger partial charge in [0.25, 0.3) is 0 Å². The van der Waals surface area contributed by atoms with Crippen molar-refractivity contribution in [3.8, 4) is 5.75 Å². The summed E-state index contributed by atoms with van der Waals surface area (Å²) in [5.41, 5.74) is 0. The number of ether oxygens (including phenoxy) is 1. The second-order valence-corrected chi connectivity index (χ2v) is 6.48. The molecule has 2 aromatic rings. The summed E-state index contributed by atoms with van der Waals surface area (Å²) in [7, 11) is -3.48. The van der Waals surface area contributed by atoms with Crippen LogP contribution in [0.3, 0.4) is 0 Å². The molecular formula is C15H17NO4S. The molecule has 5 nitrogen and oxygen atoms in total. The maximum atomic E-state index is 11.3. The molecule has 0 atom stereocenters. The minimum Gasteiger partial charge on any atom is -0.493 e. The number of nitrogens with one attached hydrogen (secondary N) is 1. The maximum Gasteiger partial charge on any atom is 0.233 e. The van der Waals surface area contributed by atoms with Gasteiger partial charge in [0.15, 0.2) is 0 Å². The molecule has 0 saturated heterocycles. The van der Waals surface area contributed by atoms with E-state index in [2.05, 4.69) is 0 Å². The SMILES string of the molecule is CS(=O)(=O)NC(=O)CCCOc1cccc2ccccc12. The summed E-state index contributed by atoms with van der Waals surface area (Å²) in [4.78, 5) is 11.3. The number of hydrogen-bond acceptors (Lipinski definition) is 4. The number of hydrogen-bond donors (Lipinski definition) is 1. The van der Waals surface area contributed by atoms with E-state index < -0.39 is 15.9 Å². The first-order chi connectivity index (χ1) is 9.96. The monoisotopic (exact) mass is 307 g/mol. The van der Waals surface area contributed by atoms with Gasteiger partial charge < -0.3 is 4.74 Å². The Bertz CT molecular complexity index is 735. The highest BCUT2D eigenvalue weighted by atomic mass is 32.2. The van der Waals surface area contributed by atoms with Crippen molar-refractivity contribution < 1.29 is 17.9 Å². The zero-order valence-electron chi connectivity index (χ0n) is 11.7. The molecular weight excluding hydrogens is 290 g/mol. The van der Waals surface area contributed by atoms with Crippen LogP contribution in [0.25, 0.3) is 10.8 Å². The molecule has 21 heavy (non-hydrogen) atoms. The zero-order chi connectivity index (χ0) is 15.3. The van der Waals surface area contributed by atoms with E-state index in [9.17, 15) is 13.2 Å². The van der Waals surface area contributed by atoms with E-state index in [0.717, 1.165) is 22.8 Å². The van der Waals surface area contributed by atoms with Crippen LogP contribution in [0.1, 0.15) is 12.8 Å². The van der Waals surface area contributed by atoms with Gasteiger partial charge in [-0.25, -0.2) is 8.42 Å². The van der Waals surface area contributed by atoms with E-state index in [4.69, 9.17) is 4.74 Å². The molecule has 0 bridgehead atoms. The lowest BCUT2D eigenvalue weighted by Gasteiger charge is -2.09. The molecule has 6 heteroatoms. The summed E-state index contributed by atoms with van der Waals surface area (Å²) in [6.45, 7) is 0.352. The maximum absolute atomic E-state index is 11.3. The fraction of sp³-hybridized carbons (Fsp3) is 0.267. The molecule has 112 valence electrons. The van der Waals surface area contributed by atoms with Crippen molar-refractivity contribution in [2.45, 2.75) is 12.8 Å². The zero-order valence-corrected chi connectivity index (χ0v) is 12.5. The quantitative estimate of drug-likeness (QED) is 0.829. The summed E-state index contributed by atoms with van der Waals surface area (Å²) in [6, 6.07) is 13.7. The lowest BCUT2D eigenvalue weighted by Crippen LogP contribution is -2.29. The molecule has 1 N–H and O–H groups in total. The van der Waals surface area contributed by atoms with Gasteiger partial charge in [-0.2, -0.15) is 0 Å². The Morgan fingerprint density at radius 3 is 2.62 bits per heavy atom. The molecule has 0 aromatic heterocycles. The predicted molar refractivity (Wildman–Crippen MR) is 81.7 cm³/mol. The number of carbonyl (C=O) groups is 1. The van der Waals surface area contributed by atoms with Crippen LogP contribution in [0.5, 0.6) is 5.75 Å². The van der Waals surface area contributed by atoms with Crippen LogP contribution >= 0.6 is 0 Å². The normalized spacial score (nSPS) is 11.3.